The van der Waals surface area contributed by atoms with E-state index in [1.165, 1.54) is 4.90 Å². The van der Waals surface area contributed by atoms with Crippen LogP contribution in [-0.2, 0) is 16.1 Å². The highest BCUT2D eigenvalue weighted by molar-refractivity contribution is 6.09. The van der Waals surface area contributed by atoms with Gasteiger partial charge in [0.1, 0.15) is 11.4 Å². The van der Waals surface area contributed by atoms with Gasteiger partial charge in [-0.2, -0.15) is 0 Å². The Morgan fingerprint density at radius 1 is 1.12 bits per heavy atom. The molecule has 11 nitrogen and oxygen atoms in total. The highest BCUT2D eigenvalue weighted by Gasteiger charge is 2.59. The minimum absolute atomic E-state index is 0.00187. The average Bonchev–Trinajstić information content (AvgIpc) is 3.52. The number of para-hydroxylation sites is 2. The zero-order chi connectivity index (χ0) is 28.8. The van der Waals surface area contributed by atoms with Crippen LogP contribution in [0.15, 0.2) is 48.5 Å². The Kier molecular flexibility index (Phi) is 6.77. The van der Waals surface area contributed by atoms with Crippen molar-refractivity contribution in [2.24, 2.45) is 0 Å². The molecule has 2 fully saturated rings. The van der Waals surface area contributed by atoms with Gasteiger partial charge in [-0.1, -0.05) is 38.1 Å². The van der Waals surface area contributed by atoms with Gasteiger partial charge in [0.05, 0.1) is 23.6 Å². The van der Waals surface area contributed by atoms with E-state index in [4.69, 9.17) is 9.72 Å². The van der Waals surface area contributed by atoms with E-state index in [0.29, 0.717) is 12.1 Å². The maximum Gasteiger partial charge on any atom is 0.410 e. The van der Waals surface area contributed by atoms with Crippen molar-refractivity contribution in [3.8, 4) is 0 Å². The predicted octanol–water partition coefficient (Wildman–Crippen LogP) is 3.14. The van der Waals surface area contributed by atoms with Crippen LogP contribution in [0.5, 0.6) is 0 Å². The summed E-state index contributed by atoms with van der Waals surface area (Å²) in [5, 5.41) is 7.71. The molecule has 2 aromatic carbocycles. The molecule has 2 atom stereocenters. The maximum absolute atomic E-state index is 13.3. The number of amides is 5. The van der Waals surface area contributed by atoms with Gasteiger partial charge in [-0.15, -0.1) is 0 Å². The molecule has 0 radical (unpaired) electrons. The molecule has 1 spiro atoms. The number of fused-ring (bicyclic) bond motifs is 1. The van der Waals surface area contributed by atoms with E-state index in [1.807, 2.05) is 36.4 Å². The smallest absolute Gasteiger partial charge is 0.410 e. The number of nitrogens with zero attached hydrogens (tertiary/aromatic N) is 3. The Morgan fingerprint density at radius 3 is 2.45 bits per heavy atom. The number of imidazole rings is 1. The molecule has 5 amide bonds. The Labute approximate surface area is 232 Å². The summed E-state index contributed by atoms with van der Waals surface area (Å²) in [6.45, 7) is 9.90. The standard InChI is InChI=1S/C29H34N6O5/c1-17(2)23-30-20-8-6-7-9-21(20)35(23)14-18-10-12-19(13-11-18)24(36)31-22-15-34(27(39)40-28(3,4)5)16-29(22)25(37)32-26(38)33-29/h6-13,17,22H,14-16H2,1-5H3,(H,31,36)(H2,32,33,37,38)/t22-,29-/m0/s1. The number of carbonyl (C=O) groups excluding carboxylic acids is 4. The van der Waals surface area contributed by atoms with Crippen LogP contribution in [0.2, 0.25) is 0 Å². The lowest BCUT2D eigenvalue weighted by atomic mass is 9.93. The van der Waals surface area contributed by atoms with Crippen molar-refractivity contribution in [2.45, 2.75) is 64.3 Å². The third kappa shape index (κ3) is 5.11. The summed E-state index contributed by atoms with van der Waals surface area (Å²) < 4.78 is 7.64. The predicted molar refractivity (Wildman–Crippen MR) is 148 cm³/mol. The van der Waals surface area contributed by atoms with E-state index in [0.717, 1.165) is 22.4 Å². The van der Waals surface area contributed by atoms with Crippen molar-refractivity contribution in [1.82, 2.24) is 30.4 Å². The first-order valence-electron chi connectivity index (χ1n) is 13.3. The number of nitrogens with one attached hydrogen (secondary N) is 3. The lowest BCUT2D eigenvalue weighted by Crippen LogP contribution is -2.62. The number of benzene rings is 2. The molecule has 11 heteroatoms. The summed E-state index contributed by atoms with van der Waals surface area (Å²) in [4.78, 5) is 57.0. The Morgan fingerprint density at radius 2 is 1.82 bits per heavy atom. The number of hydrogen-bond donors (Lipinski definition) is 3. The Balaban J connectivity index is 1.33. The van der Waals surface area contributed by atoms with E-state index in [1.54, 1.807) is 32.9 Å². The van der Waals surface area contributed by atoms with Crippen LogP contribution < -0.4 is 16.0 Å². The van der Waals surface area contributed by atoms with Gasteiger partial charge in [-0.3, -0.25) is 14.9 Å². The maximum atomic E-state index is 13.3. The van der Waals surface area contributed by atoms with Crippen molar-refractivity contribution in [1.29, 1.82) is 0 Å². The monoisotopic (exact) mass is 546 g/mol. The molecule has 3 heterocycles. The minimum Gasteiger partial charge on any atom is -0.444 e. The first kappa shape index (κ1) is 27.2. The van der Waals surface area contributed by atoms with Crippen LogP contribution in [0.1, 0.15) is 62.3 Å². The van der Waals surface area contributed by atoms with Gasteiger partial charge >= 0.3 is 12.1 Å². The summed E-state index contributed by atoms with van der Waals surface area (Å²) in [7, 11) is 0. The lowest BCUT2D eigenvalue weighted by Gasteiger charge is -2.27. The number of carbonyl (C=O) groups is 4. The molecule has 2 aliphatic rings. The van der Waals surface area contributed by atoms with Gasteiger partial charge in [0.15, 0.2) is 5.54 Å². The van der Waals surface area contributed by atoms with E-state index in [-0.39, 0.29) is 19.0 Å². The largest absolute Gasteiger partial charge is 0.444 e. The number of imide groups is 1. The third-order valence-corrected chi connectivity index (χ3v) is 7.12. The summed E-state index contributed by atoms with van der Waals surface area (Å²) >= 11 is 0. The van der Waals surface area contributed by atoms with Crippen molar-refractivity contribution in [3.05, 3.63) is 65.5 Å². The van der Waals surface area contributed by atoms with E-state index < -0.39 is 41.1 Å². The van der Waals surface area contributed by atoms with E-state index >= 15 is 0 Å². The van der Waals surface area contributed by atoms with Crippen molar-refractivity contribution in [3.63, 3.8) is 0 Å². The first-order valence-corrected chi connectivity index (χ1v) is 13.3. The number of hydrogen-bond acceptors (Lipinski definition) is 6. The molecule has 0 saturated carbocycles. The molecule has 3 aromatic rings. The fourth-order valence-electron chi connectivity index (χ4n) is 5.24. The van der Waals surface area contributed by atoms with Gasteiger partial charge < -0.3 is 24.8 Å². The molecule has 0 aliphatic carbocycles. The highest BCUT2D eigenvalue weighted by atomic mass is 16.6. The summed E-state index contributed by atoms with van der Waals surface area (Å²) in [6, 6.07) is 13.7. The summed E-state index contributed by atoms with van der Waals surface area (Å²) in [5.41, 5.74) is 1.14. The van der Waals surface area contributed by atoms with E-state index in [2.05, 4.69) is 34.4 Å². The molecular weight excluding hydrogens is 512 g/mol. The second-order valence-corrected chi connectivity index (χ2v) is 11.7. The summed E-state index contributed by atoms with van der Waals surface area (Å²) in [5.74, 6) is 0.204. The number of likely N-dealkylation sites (tertiary alicyclic amines) is 1. The fourth-order valence-corrected chi connectivity index (χ4v) is 5.24. The van der Waals surface area contributed by atoms with Crippen molar-refractivity contribution >= 4 is 35.0 Å². The average molecular weight is 547 g/mol. The molecular formula is C29H34N6O5. The molecule has 40 heavy (non-hydrogen) atoms. The lowest BCUT2D eigenvalue weighted by molar-refractivity contribution is -0.124. The van der Waals surface area contributed by atoms with Gasteiger partial charge in [-0.05, 0) is 50.6 Å². The van der Waals surface area contributed by atoms with Gasteiger partial charge in [0, 0.05) is 24.6 Å². The highest BCUT2D eigenvalue weighted by Crippen LogP contribution is 2.28. The Bertz CT molecular complexity index is 1490. The second kappa shape index (κ2) is 9.96. The quantitative estimate of drug-likeness (QED) is 0.421. The van der Waals surface area contributed by atoms with Crippen LogP contribution in [0.4, 0.5) is 9.59 Å². The van der Waals surface area contributed by atoms with Gasteiger partial charge in [-0.25, -0.2) is 14.6 Å². The molecule has 2 aliphatic heterocycles. The number of urea groups is 1. The molecule has 210 valence electrons. The molecule has 0 unspecified atom stereocenters. The van der Waals surface area contributed by atoms with Crippen LogP contribution in [0.25, 0.3) is 11.0 Å². The van der Waals surface area contributed by atoms with Crippen LogP contribution >= 0.6 is 0 Å². The SMILES string of the molecule is CC(C)c1nc2ccccc2n1Cc1ccc(C(=O)N[C@H]2CN(C(=O)OC(C)(C)C)C[C@]23NC(=O)NC3=O)cc1. The van der Waals surface area contributed by atoms with Crippen LogP contribution in [0.3, 0.4) is 0 Å². The molecule has 0 bridgehead atoms. The topological polar surface area (TPSA) is 135 Å². The molecule has 5 rings (SSSR count). The zero-order valence-electron chi connectivity index (χ0n) is 23.3. The van der Waals surface area contributed by atoms with Crippen molar-refractivity contribution < 1.29 is 23.9 Å². The zero-order valence-corrected chi connectivity index (χ0v) is 23.3. The molecule has 2 saturated heterocycles. The fraction of sp³-hybridized carbons (Fsp3) is 0.414. The van der Waals surface area contributed by atoms with Crippen LogP contribution in [-0.4, -0.2) is 68.7 Å². The molecule has 3 N–H and O–H groups in total. The summed E-state index contributed by atoms with van der Waals surface area (Å²) in [6.07, 6.45) is -0.630. The minimum atomic E-state index is -1.49. The molecule has 1 aromatic heterocycles. The van der Waals surface area contributed by atoms with Crippen molar-refractivity contribution in [2.75, 3.05) is 13.1 Å². The normalized spacial score (nSPS) is 20.8. The third-order valence-electron chi connectivity index (χ3n) is 7.12. The number of aromatic nitrogens is 2. The Hall–Kier alpha value is -4.41. The van der Waals surface area contributed by atoms with Gasteiger partial charge in [0.2, 0.25) is 0 Å². The van der Waals surface area contributed by atoms with Crippen LogP contribution in [0, 0.1) is 0 Å². The number of rotatable bonds is 5. The van der Waals surface area contributed by atoms with Gasteiger partial charge in [0.25, 0.3) is 11.8 Å². The second-order valence-electron chi connectivity index (χ2n) is 11.7. The number of ether oxygens (including phenoxy) is 1. The first-order chi connectivity index (χ1) is 18.9. The van der Waals surface area contributed by atoms with E-state index in [9.17, 15) is 19.2 Å².